The normalized spacial score (nSPS) is 37.9. The summed E-state index contributed by atoms with van der Waals surface area (Å²) in [5, 5.41) is 13.5. The highest BCUT2D eigenvalue weighted by Gasteiger charge is 2.43. The lowest BCUT2D eigenvalue weighted by Crippen LogP contribution is -2.49. The highest BCUT2D eigenvalue weighted by Crippen LogP contribution is 2.37. The molecule has 3 heteroatoms. The molecule has 2 atom stereocenters. The van der Waals surface area contributed by atoms with Crippen molar-refractivity contribution < 1.29 is 5.11 Å². The number of nitrogens with one attached hydrogen (secondary N) is 1. The smallest absolute Gasteiger partial charge is 0.0614 e. The molecule has 3 aliphatic rings. The predicted molar refractivity (Wildman–Crippen MR) is 78.2 cm³/mol. The van der Waals surface area contributed by atoms with Crippen LogP contribution in [0.2, 0.25) is 0 Å². The number of nitrogens with zero attached hydrogens (tertiary/aromatic N) is 1. The summed E-state index contributed by atoms with van der Waals surface area (Å²) < 4.78 is 0. The number of hydrogen-bond donors (Lipinski definition) is 2. The van der Waals surface area contributed by atoms with Crippen molar-refractivity contribution in [2.45, 2.75) is 75.9 Å². The fourth-order valence-corrected chi connectivity index (χ4v) is 4.12. The van der Waals surface area contributed by atoms with Gasteiger partial charge in [-0.2, -0.15) is 0 Å². The van der Waals surface area contributed by atoms with Crippen LogP contribution in [0.15, 0.2) is 0 Å². The monoisotopic (exact) mass is 266 g/mol. The van der Waals surface area contributed by atoms with Crippen LogP contribution in [0.3, 0.4) is 0 Å². The lowest BCUT2D eigenvalue weighted by atomic mass is 9.92. The van der Waals surface area contributed by atoms with Gasteiger partial charge in [0.2, 0.25) is 0 Å². The van der Waals surface area contributed by atoms with Crippen molar-refractivity contribution in [3.8, 4) is 0 Å². The van der Waals surface area contributed by atoms with E-state index in [0.717, 1.165) is 18.4 Å². The van der Waals surface area contributed by atoms with E-state index in [1.54, 1.807) is 0 Å². The topological polar surface area (TPSA) is 35.5 Å². The molecule has 2 unspecified atom stereocenters. The van der Waals surface area contributed by atoms with E-state index in [0.29, 0.717) is 12.6 Å². The minimum atomic E-state index is 0.0490. The van der Waals surface area contributed by atoms with Crippen LogP contribution >= 0.6 is 0 Å². The van der Waals surface area contributed by atoms with Crippen molar-refractivity contribution in [1.29, 1.82) is 0 Å². The Balaban J connectivity index is 1.53. The summed E-state index contributed by atoms with van der Waals surface area (Å²) in [7, 11) is 0. The van der Waals surface area contributed by atoms with Gasteiger partial charge in [0.15, 0.2) is 0 Å². The predicted octanol–water partition coefficient (Wildman–Crippen LogP) is 2.14. The maximum absolute atomic E-state index is 9.81. The van der Waals surface area contributed by atoms with Crippen LogP contribution in [0.1, 0.15) is 58.3 Å². The summed E-state index contributed by atoms with van der Waals surface area (Å²) in [6, 6.07) is 1.42. The first-order valence-corrected chi connectivity index (χ1v) is 8.37. The maximum Gasteiger partial charge on any atom is 0.0614 e. The largest absolute Gasteiger partial charge is 0.394 e. The van der Waals surface area contributed by atoms with Crippen molar-refractivity contribution in [2.75, 3.05) is 19.7 Å². The SMILES string of the molecule is CCC1CCN(C2CCC(CO)(NC3CC3)C2)CC1. The molecule has 0 spiro atoms. The summed E-state index contributed by atoms with van der Waals surface area (Å²) in [6.45, 7) is 5.22. The van der Waals surface area contributed by atoms with Crippen LogP contribution in [-0.4, -0.2) is 47.3 Å². The molecule has 0 aromatic rings. The average molecular weight is 266 g/mol. The Morgan fingerprint density at radius 3 is 2.47 bits per heavy atom. The summed E-state index contributed by atoms with van der Waals surface area (Å²) >= 11 is 0. The van der Waals surface area contributed by atoms with Gasteiger partial charge in [-0.1, -0.05) is 13.3 Å². The van der Waals surface area contributed by atoms with E-state index in [9.17, 15) is 5.11 Å². The van der Waals surface area contributed by atoms with Gasteiger partial charge in [0.05, 0.1) is 6.61 Å². The Morgan fingerprint density at radius 2 is 1.89 bits per heavy atom. The molecule has 110 valence electrons. The third-order valence-corrected chi connectivity index (χ3v) is 5.72. The quantitative estimate of drug-likeness (QED) is 0.800. The van der Waals surface area contributed by atoms with Gasteiger partial charge in [-0.15, -0.1) is 0 Å². The number of aliphatic hydroxyl groups excluding tert-OH is 1. The second kappa shape index (κ2) is 5.71. The van der Waals surface area contributed by atoms with Crippen LogP contribution in [0.25, 0.3) is 0 Å². The minimum absolute atomic E-state index is 0.0490. The Morgan fingerprint density at radius 1 is 1.16 bits per heavy atom. The lowest BCUT2D eigenvalue weighted by molar-refractivity contribution is 0.113. The minimum Gasteiger partial charge on any atom is -0.394 e. The summed E-state index contributed by atoms with van der Waals surface area (Å²) in [5.74, 6) is 0.963. The van der Waals surface area contributed by atoms with Gasteiger partial charge in [0.1, 0.15) is 0 Å². The molecule has 3 nitrogen and oxygen atoms in total. The average Bonchev–Trinajstić information content (AvgIpc) is 3.16. The van der Waals surface area contributed by atoms with Gasteiger partial charge in [0, 0.05) is 17.6 Å². The molecule has 3 rings (SSSR count). The summed E-state index contributed by atoms with van der Waals surface area (Å²) in [6.07, 6.45) is 10.3. The van der Waals surface area contributed by atoms with Gasteiger partial charge in [-0.05, 0) is 64.0 Å². The number of piperidine rings is 1. The third kappa shape index (κ3) is 3.14. The lowest BCUT2D eigenvalue weighted by Gasteiger charge is -2.37. The Kier molecular flexibility index (Phi) is 4.16. The van der Waals surface area contributed by atoms with E-state index < -0.39 is 0 Å². The molecule has 2 saturated carbocycles. The highest BCUT2D eigenvalue weighted by atomic mass is 16.3. The van der Waals surface area contributed by atoms with Gasteiger partial charge in [0.25, 0.3) is 0 Å². The van der Waals surface area contributed by atoms with Crippen LogP contribution in [0, 0.1) is 5.92 Å². The van der Waals surface area contributed by atoms with Gasteiger partial charge in [-0.25, -0.2) is 0 Å². The first-order valence-electron chi connectivity index (χ1n) is 8.37. The zero-order chi connectivity index (χ0) is 13.3. The molecule has 0 amide bonds. The maximum atomic E-state index is 9.81. The number of rotatable bonds is 5. The molecule has 1 saturated heterocycles. The van der Waals surface area contributed by atoms with Crippen LogP contribution < -0.4 is 5.32 Å². The van der Waals surface area contributed by atoms with E-state index in [1.165, 1.54) is 58.0 Å². The molecule has 2 aliphatic carbocycles. The molecule has 0 aromatic heterocycles. The van der Waals surface area contributed by atoms with Crippen LogP contribution in [0.4, 0.5) is 0 Å². The zero-order valence-electron chi connectivity index (χ0n) is 12.4. The molecule has 1 aliphatic heterocycles. The van der Waals surface area contributed by atoms with Crippen molar-refractivity contribution in [2.24, 2.45) is 5.92 Å². The van der Waals surface area contributed by atoms with E-state index >= 15 is 0 Å². The molecule has 2 N–H and O–H groups in total. The fraction of sp³-hybridized carbons (Fsp3) is 1.00. The summed E-state index contributed by atoms with van der Waals surface area (Å²) in [4.78, 5) is 2.71. The molecule has 1 heterocycles. The Labute approximate surface area is 117 Å². The molecular formula is C16H30N2O. The zero-order valence-corrected chi connectivity index (χ0v) is 12.4. The number of aliphatic hydroxyl groups is 1. The first-order chi connectivity index (χ1) is 9.24. The van der Waals surface area contributed by atoms with Crippen molar-refractivity contribution >= 4 is 0 Å². The Bertz CT molecular complexity index is 297. The second-order valence-electron chi connectivity index (χ2n) is 7.14. The first kappa shape index (κ1) is 13.8. The highest BCUT2D eigenvalue weighted by molar-refractivity contribution is 5.03. The van der Waals surface area contributed by atoms with E-state index in [2.05, 4.69) is 17.1 Å². The van der Waals surface area contributed by atoms with Gasteiger partial charge >= 0.3 is 0 Å². The van der Waals surface area contributed by atoms with Crippen LogP contribution in [0.5, 0.6) is 0 Å². The number of hydrogen-bond acceptors (Lipinski definition) is 3. The van der Waals surface area contributed by atoms with Crippen LogP contribution in [-0.2, 0) is 0 Å². The molecule has 3 fully saturated rings. The number of likely N-dealkylation sites (tertiary alicyclic amines) is 1. The van der Waals surface area contributed by atoms with Crippen molar-refractivity contribution in [3.63, 3.8) is 0 Å². The Hall–Kier alpha value is -0.120. The third-order valence-electron chi connectivity index (χ3n) is 5.72. The van der Waals surface area contributed by atoms with E-state index in [4.69, 9.17) is 0 Å². The van der Waals surface area contributed by atoms with E-state index in [1.807, 2.05) is 0 Å². The molecule has 19 heavy (non-hydrogen) atoms. The molecule has 0 radical (unpaired) electrons. The van der Waals surface area contributed by atoms with Crippen molar-refractivity contribution in [1.82, 2.24) is 10.2 Å². The van der Waals surface area contributed by atoms with E-state index in [-0.39, 0.29) is 5.54 Å². The second-order valence-corrected chi connectivity index (χ2v) is 7.14. The van der Waals surface area contributed by atoms with Crippen molar-refractivity contribution in [3.05, 3.63) is 0 Å². The molecule has 0 bridgehead atoms. The summed E-state index contributed by atoms with van der Waals surface area (Å²) in [5.41, 5.74) is 0.0490. The molecule has 0 aromatic carbocycles. The van der Waals surface area contributed by atoms with Gasteiger partial charge < -0.3 is 15.3 Å². The van der Waals surface area contributed by atoms with Gasteiger partial charge in [-0.3, -0.25) is 0 Å². The molecular weight excluding hydrogens is 236 g/mol. The standard InChI is InChI=1S/C16H30N2O/c1-2-13-6-9-18(10-7-13)15-5-8-16(11-15,12-19)17-14-3-4-14/h13-15,17,19H,2-12H2,1H3. The fourth-order valence-electron chi connectivity index (χ4n) is 4.12.